The van der Waals surface area contributed by atoms with E-state index in [9.17, 15) is 13.6 Å². The molecule has 0 atom stereocenters. The molecule has 0 unspecified atom stereocenters. The minimum absolute atomic E-state index is 0.134. The summed E-state index contributed by atoms with van der Waals surface area (Å²) in [7, 11) is 0. The highest BCUT2D eigenvalue weighted by Gasteiger charge is 2.29. The number of hydrogen-bond donors (Lipinski definition) is 2. The summed E-state index contributed by atoms with van der Waals surface area (Å²) < 4.78 is 28.6. The molecule has 0 saturated heterocycles. The van der Waals surface area contributed by atoms with Crippen molar-refractivity contribution < 1.29 is 13.6 Å². The SMILES string of the molecule is Cc1cc[nH]c1/C=C1\C(=O)Nc2cccc(-c3c(F)cccc3F)c21. The summed E-state index contributed by atoms with van der Waals surface area (Å²) in [5.41, 5.74) is 3.39. The summed E-state index contributed by atoms with van der Waals surface area (Å²) in [6.07, 6.45) is 3.48. The van der Waals surface area contributed by atoms with E-state index in [0.29, 0.717) is 22.4 Å². The van der Waals surface area contributed by atoms with E-state index in [1.54, 1.807) is 30.5 Å². The van der Waals surface area contributed by atoms with Gasteiger partial charge in [-0.1, -0.05) is 18.2 Å². The van der Waals surface area contributed by atoms with Crippen LogP contribution in [0.2, 0.25) is 0 Å². The first kappa shape index (κ1) is 15.3. The van der Waals surface area contributed by atoms with Crippen molar-refractivity contribution in [2.75, 3.05) is 5.32 Å². The minimum Gasteiger partial charge on any atom is -0.361 e. The Morgan fingerprint density at radius 1 is 0.960 bits per heavy atom. The third-order valence-corrected chi connectivity index (χ3v) is 4.34. The Balaban J connectivity index is 1.98. The molecule has 1 amide bonds. The molecule has 2 heterocycles. The van der Waals surface area contributed by atoms with Gasteiger partial charge in [0.05, 0.1) is 11.1 Å². The molecular formula is C20H14F2N2O. The zero-order chi connectivity index (χ0) is 17.6. The quantitative estimate of drug-likeness (QED) is 0.651. The van der Waals surface area contributed by atoms with Crippen LogP contribution in [0.1, 0.15) is 16.8 Å². The molecule has 4 rings (SSSR count). The van der Waals surface area contributed by atoms with E-state index in [2.05, 4.69) is 10.3 Å². The number of hydrogen-bond acceptors (Lipinski definition) is 1. The Bertz CT molecular complexity index is 1010. The van der Waals surface area contributed by atoms with Crippen molar-refractivity contribution in [3.8, 4) is 11.1 Å². The van der Waals surface area contributed by atoms with Crippen LogP contribution in [0.15, 0.2) is 48.7 Å². The van der Waals surface area contributed by atoms with Gasteiger partial charge in [0.25, 0.3) is 5.91 Å². The van der Waals surface area contributed by atoms with E-state index in [1.807, 2.05) is 13.0 Å². The number of aromatic nitrogens is 1. The fourth-order valence-electron chi connectivity index (χ4n) is 3.11. The fourth-order valence-corrected chi connectivity index (χ4v) is 3.11. The number of carbonyl (C=O) groups excluding carboxylic acids is 1. The van der Waals surface area contributed by atoms with Gasteiger partial charge in [0.1, 0.15) is 11.6 Å². The van der Waals surface area contributed by atoms with Crippen molar-refractivity contribution in [3.05, 3.63) is 77.1 Å². The fraction of sp³-hybridized carbons (Fsp3) is 0.0500. The third-order valence-electron chi connectivity index (χ3n) is 4.34. The lowest BCUT2D eigenvalue weighted by atomic mass is 9.93. The number of anilines is 1. The Hall–Kier alpha value is -3.21. The molecule has 5 heteroatoms. The molecule has 1 aliphatic heterocycles. The van der Waals surface area contributed by atoms with Crippen LogP contribution in [0.5, 0.6) is 0 Å². The normalized spacial score (nSPS) is 14.7. The van der Waals surface area contributed by atoms with Gasteiger partial charge in [0.15, 0.2) is 0 Å². The van der Waals surface area contributed by atoms with Gasteiger partial charge in [-0.2, -0.15) is 0 Å². The van der Waals surface area contributed by atoms with Crippen molar-refractivity contribution in [3.63, 3.8) is 0 Å². The van der Waals surface area contributed by atoms with Crippen LogP contribution in [0.3, 0.4) is 0 Å². The van der Waals surface area contributed by atoms with E-state index in [1.165, 1.54) is 18.2 Å². The first-order valence-corrected chi connectivity index (χ1v) is 7.81. The highest BCUT2D eigenvalue weighted by atomic mass is 19.1. The maximum absolute atomic E-state index is 14.3. The van der Waals surface area contributed by atoms with Crippen LogP contribution in [-0.4, -0.2) is 10.9 Å². The second-order valence-corrected chi connectivity index (χ2v) is 5.91. The average Bonchev–Trinajstić information content (AvgIpc) is 3.12. The van der Waals surface area contributed by atoms with Crippen molar-refractivity contribution in [2.24, 2.45) is 0 Å². The molecule has 0 bridgehead atoms. The molecule has 2 N–H and O–H groups in total. The van der Waals surface area contributed by atoms with E-state index in [0.717, 1.165) is 11.3 Å². The number of rotatable bonds is 2. The van der Waals surface area contributed by atoms with Crippen LogP contribution in [0.4, 0.5) is 14.5 Å². The summed E-state index contributed by atoms with van der Waals surface area (Å²) >= 11 is 0. The average molecular weight is 336 g/mol. The summed E-state index contributed by atoms with van der Waals surface area (Å²) in [6, 6.07) is 10.6. The van der Waals surface area contributed by atoms with E-state index in [4.69, 9.17) is 0 Å². The molecule has 1 aromatic heterocycles. The molecule has 124 valence electrons. The van der Waals surface area contributed by atoms with Gasteiger partial charge in [0, 0.05) is 23.1 Å². The summed E-state index contributed by atoms with van der Waals surface area (Å²) in [5, 5.41) is 2.76. The Labute approximate surface area is 143 Å². The lowest BCUT2D eigenvalue weighted by Crippen LogP contribution is -2.03. The molecule has 3 aromatic rings. The van der Waals surface area contributed by atoms with Crippen LogP contribution in [0.25, 0.3) is 22.8 Å². The highest BCUT2D eigenvalue weighted by Crippen LogP contribution is 2.41. The van der Waals surface area contributed by atoms with E-state index in [-0.39, 0.29) is 11.5 Å². The molecule has 3 nitrogen and oxygen atoms in total. The molecule has 0 aliphatic carbocycles. The van der Waals surface area contributed by atoms with Gasteiger partial charge < -0.3 is 10.3 Å². The number of carbonyl (C=O) groups is 1. The lowest BCUT2D eigenvalue weighted by molar-refractivity contribution is -0.110. The maximum Gasteiger partial charge on any atom is 0.256 e. The maximum atomic E-state index is 14.3. The highest BCUT2D eigenvalue weighted by molar-refractivity contribution is 6.36. The Morgan fingerprint density at radius 2 is 1.68 bits per heavy atom. The number of aryl methyl sites for hydroxylation is 1. The minimum atomic E-state index is -0.664. The molecular weight excluding hydrogens is 322 g/mol. The molecule has 0 fully saturated rings. The standard InChI is InChI=1S/C20H14F2N2O/c1-11-8-9-23-17(11)10-13-18-12(4-2-7-16(18)24-20(13)25)19-14(21)5-3-6-15(19)22/h2-10,23H,1H3,(H,24,25)/b13-10-. The van der Waals surface area contributed by atoms with Crippen LogP contribution in [0, 0.1) is 18.6 Å². The van der Waals surface area contributed by atoms with Crippen molar-refractivity contribution >= 4 is 23.2 Å². The number of aromatic amines is 1. The number of benzene rings is 2. The molecule has 2 aromatic carbocycles. The molecule has 0 spiro atoms. The second kappa shape index (κ2) is 5.70. The van der Waals surface area contributed by atoms with Crippen molar-refractivity contribution in [1.82, 2.24) is 4.98 Å². The molecule has 0 saturated carbocycles. The number of amides is 1. The smallest absolute Gasteiger partial charge is 0.256 e. The summed E-state index contributed by atoms with van der Waals surface area (Å²) in [5.74, 6) is -1.63. The predicted molar refractivity (Wildman–Crippen MR) is 93.8 cm³/mol. The largest absolute Gasteiger partial charge is 0.361 e. The predicted octanol–water partition coefficient (Wildman–Crippen LogP) is 4.76. The zero-order valence-electron chi connectivity index (χ0n) is 13.4. The van der Waals surface area contributed by atoms with Crippen LogP contribution in [-0.2, 0) is 4.79 Å². The van der Waals surface area contributed by atoms with Gasteiger partial charge in [-0.15, -0.1) is 0 Å². The van der Waals surface area contributed by atoms with Gasteiger partial charge >= 0.3 is 0 Å². The number of halogens is 2. The van der Waals surface area contributed by atoms with Crippen molar-refractivity contribution in [1.29, 1.82) is 0 Å². The first-order chi connectivity index (χ1) is 12.1. The lowest BCUT2D eigenvalue weighted by Gasteiger charge is -2.10. The van der Waals surface area contributed by atoms with E-state index >= 15 is 0 Å². The molecule has 0 radical (unpaired) electrons. The van der Waals surface area contributed by atoms with Gasteiger partial charge in [0.2, 0.25) is 0 Å². The first-order valence-electron chi connectivity index (χ1n) is 7.81. The Kier molecular flexibility index (Phi) is 3.50. The summed E-state index contributed by atoms with van der Waals surface area (Å²) in [6.45, 7) is 1.92. The van der Waals surface area contributed by atoms with E-state index < -0.39 is 11.6 Å². The molecule has 1 aliphatic rings. The molecule has 25 heavy (non-hydrogen) atoms. The van der Waals surface area contributed by atoms with Crippen LogP contribution < -0.4 is 5.32 Å². The van der Waals surface area contributed by atoms with Gasteiger partial charge in [-0.25, -0.2) is 8.78 Å². The number of nitrogens with one attached hydrogen (secondary N) is 2. The number of fused-ring (bicyclic) bond motifs is 1. The monoisotopic (exact) mass is 336 g/mol. The van der Waals surface area contributed by atoms with Gasteiger partial charge in [-0.3, -0.25) is 4.79 Å². The third kappa shape index (κ3) is 2.45. The Morgan fingerprint density at radius 3 is 2.36 bits per heavy atom. The zero-order valence-corrected chi connectivity index (χ0v) is 13.4. The van der Waals surface area contributed by atoms with Gasteiger partial charge in [-0.05, 0) is 48.4 Å². The van der Waals surface area contributed by atoms with Crippen molar-refractivity contribution in [2.45, 2.75) is 6.92 Å². The second-order valence-electron chi connectivity index (χ2n) is 5.91. The topological polar surface area (TPSA) is 44.9 Å². The van der Waals surface area contributed by atoms with Crippen LogP contribution >= 0.6 is 0 Å². The number of H-pyrrole nitrogens is 1. The summed E-state index contributed by atoms with van der Waals surface area (Å²) in [4.78, 5) is 15.5.